The minimum atomic E-state index is -0.736. The molecule has 0 bridgehead atoms. The average molecular weight is 228 g/mol. The van der Waals surface area contributed by atoms with Crippen molar-refractivity contribution in [3.63, 3.8) is 0 Å². The number of carboxylic acid groups (broad SMARTS) is 1. The molecule has 0 atom stereocenters. The van der Waals surface area contributed by atoms with Gasteiger partial charge in [0, 0.05) is 20.0 Å². The molecule has 1 amide bonds. The van der Waals surface area contributed by atoms with E-state index < -0.39 is 5.97 Å². The predicted octanol–water partition coefficient (Wildman–Crippen LogP) is 0.309. The number of carboxylic acids is 1. The topological polar surface area (TPSA) is 69.6 Å². The minimum absolute atomic E-state index is 0.0216. The van der Waals surface area contributed by atoms with Gasteiger partial charge in [-0.05, 0) is 31.8 Å². The van der Waals surface area contributed by atoms with Crippen LogP contribution in [0.2, 0.25) is 0 Å². The first-order valence-electron chi connectivity index (χ1n) is 5.76. The number of aliphatic carboxylic acids is 1. The number of carbonyl (C=O) groups excluding carboxylic acids is 1. The molecule has 0 unspecified atom stereocenters. The molecule has 1 rings (SSSR count). The summed E-state index contributed by atoms with van der Waals surface area (Å²) in [4.78, 5) is 23.3. The van der Waals surface area contributed by atoms with Gasteiger partial charge in [0.15, 0.2) is 0 Å². The van der Waals surface area contributed by atoms with Crippen molar-refractivity contribution in [2.24, 2.45) is 5.92 Å². The molecule has 0 saturated carbocycles. The smallest absolute Gasteiger partial charge is 0.304 e. The van der Waals surface area contributed by atoms with E-state index in [9.17, 15) is 9.59 Å². The average Bonchev–Trinajstić information content (AvgIpc) is 2.25. The molecule has 0 aromatic carbocycles. The first-order valence-corrected chi connectivity index (χ1v) is 5.76. The summed E-state index contributed by atoms with van der Waals surface area (Å²) >= 11 is 0. The molecule has 2 N–H and O–H groups in total. The first-order chi connectivity index (χ1) is 7.58. The number of amides is 1. The van der Waals surface area contributed by atoms with E-state index in [0.717, 1.165) is 32.5 Å². The summed E-state index contributed by atoms with van der Waals surface area (Å²) in [5.74, 6) is -0.168. The van der Waals surface area contributed by atoms with Crippen LogP contribution in [0.4, 0.5) is 0 Å². The van der Waals surface area contributed by atoms with Crippen molar-refractivity contribution in [2.45, 2.75) is 26.2 Å². The Bertz CT molecular complexity index is 222. The number of carbonyl (C=O) groups is 2. The number of hydrogen-bond acceptors (Lipinski definition) is 3. The van der Waals surface area contributed by atoms with Crippen LogP contribution < -0.4 is 5.32 Å². The zero-order valence-corrected chi connectivity index (χ0v) is 9.74. The van der Waals surface area contributed by atoms with Crippen LogP contribution in [0, 0.1) is 5.92 Å². The standard InChI is InChI=1S/C11H20N2O3/c1-9(14)12-8-10-2-5-13(6-3-10)7-4-11(15)16/h10H,2-8H2,1H3,(H,12,14)(H,15,16). The van der Waals surface area contributed by atoms with Crippen molar-refractivity contribution in [1.29, 1.82) is 0 Å². The molecular weight excluding hydrogens is 208 g/mol. The third-order valence-electron chi connectivity index (χ3n) is 2.99. The van der Waals surface area contributed by atoms with E-state index in [2.05, 4.69) is 10.2 Å². The summed E-state index contributed by atoms with van der Waals surface area (Å²) in [6, 6.07) is 0. The van der Waals surface area contributed by atoms with Gasteiger partial charge >= 0.3 is 5.97 Å². The van der Waals surface area contributed by atoms with Crippen LogP contribution in [-0.4, -0.2) is 48.1 Å². The Morgan fingerprint density at radius 3 is 2.50 bits per heavy atom. The summed E-state index contributed by atoms with van der Waals surface area (Å²) in [6.45, 7) is 4.81. The van der Waals surface area contributed by atoms with Crippen molar-refractivity contribution < 1.29 is 14.7 Å². The van der Waals surface area contributed by atoms with Gasteiger partial charge in [0.1, 0.15) is 0 Å². The molecule has 0 radical (unpaired) electrons. The Morgan fingerprint density at radius 2 is 2.00 bits per heavy atom. The molecular formula is C11H20N2O3. The number of likely N-dealkylation sites (tertiary alicyclic amines) is 1. The van der Waals surface area contributed by atoms with Gasteiger partial charge in [0.2, 0.25) is 5.91 Å². The molecule has 1 saturated heterocycles. The Balaban J connectivity index is 2.13. The highest BCUT2D eigenvalue weighted by molar-refractivity contribution is 5.72. The van der Waals surface area contributed by atoms with Crippen molar-refractivity contribution in [2.75, 3.05) is 26.2 Å². The van der Waals surface area contributed by atoms with Gasteiger partial charge in [0.05, 0.1) is 6.42 Å². The Hall–Kier alpha value is -1.10. The van der Waals surface area contributed by atoms with E-state index in [0.29, 0.717) is 12.5 Å². The van der Waals surface area contributed by atoms with Gasteiger partial charge in [-0.15, -0.1) is 0 Å². The third kappa shape index (κ3) is 5.11. The lowest BCUT2D eigenvalue weighted by Gasteiger charge is -2.31. The summed E-state index contributed by atoms with van der Waals surface area (Å²) in [5, 5.41) is 11.4. The Labute approximate surface area is 95.8 Å². The maximum atomic E-state index is 10.7. The zero-order valence-electron chi connectivity index (χ0n) is 9.74. The predicted molar refractivity (Wildman–Crippen MR) is 60.1 cm³/mol. The molecule has 0 aromatic rings. The lowest BCUT2D eigenvalue weighted by molar-refractivity contribution is -0.137. The molecule has 0 aliphatic carbocycles. The summed E-state index contributed by atoms with van der Waals surface area (Å²) in [7, 11) is 0. The van der Waals surface area contributed by atoms with Crippen molar-refractivity contribution in [3.8, 4) is 0 Å². The maximum Gasteiger partial charge on any atom is 0.304 e. The second-order valence-corrected chi connectivity index (χ2v) is 4.37. The van der Waals surface area contributed by atoms with E-state index >= 15 is 0 Å². The highest BCUT2D eigenvalue weighted by Crippen LogP contribution is 2.16. The largest absolute Gasteiger partial charge is 0.481 e. The summed E-state index contributed by atoms with van der Waals surface area (Å²) in [5.41, 5.74) is 0. The number of hydrogen-bond donors (Lipinski definition) is 2. The van der Waals surface area contributed by atoms with Gasteiger partial charge in [-0.2, -0.15) is 0 Å². The van der Waals surface area contributed by atoms with E-state index in [1.54, 1.807) is 0 Å². The van der Waals surface area contributed by atoms with Crippen molar-refractivity contribution >= 4 is 11.9 Å². The van der Waals surface area contributed by atoms with Crippen LogP contribution in [0.15, 0.2) is 0 Å². The monoisotopic (exact) mass is 228 g/mol. The number of nitrogens with one attached hydrogen (secondary N) is 1. The second-order valence-electron chi connectivity index (χ2n) is 4.37. The molecule has 0 spiro atoms. The fourth-order valence-electron chi connectivity index (χ4n) is 1.96. The van der Waals surface area contributed by atoms with Crippen LogP contribution in [0.3, 0.4) is 0 Å². The zero-order chi connectivity index (χ0) is 12.0. The van der Waals surface area contributed by atoms with Crippen molar-refractivity contribution in [1.82, 2.24) is 10.2 Å². The van der Waals surface area contributed by atoms with Crippen LogP contribution in [0.25, 0.3) is 0 Å². The molecule has 1 heterocycles. The molecule has 1 aliphatic rings. The Morgan fingerprint density at radius 1 is 1.38 bits per heavy atom. The van der Waals surface area contributed by atoms with Crippen molar-refractivity contribution in [3.05, 3.63) is 0 Å². The van der Waals surface area contributed by atoms with E-state index in [4.69, 9.17) is 5.11 Å². The molecule has 0 aromatic heterocycles. The maximum absolute atomic E-state index is 10.7. The fourth-order valence-corrected chi connectivity index (χ4v) is 1.96. The molecule has 5 heteroatoms. The van der Waals surface area contributed by atoms with Crippen LogP contribution >= 0.6 is 0 Å². The molecule has 92 valence electrons. The lowest BCUT2D eigenvalue weighted by Crippen LogP contribution is -2.39. The van der Waals surface area contributed by atoms with E-state index in [-0.39, 0.29) is 12.3 Å². The highest BCUT2D eigenvalue weighted by Gasteiger charge is 2.19. The highest BCUT2D eigenvalue weighted by atomic mass is 16.4. The minimum Gasteiger partial charge on any atom is -0.481 e. The van der Waals surface area contributed by atoms with Gasteiger partial charge in [-0.1, -0.05) is 0 Å². The number of nitrogens with zero attached hydrogens (tertiary/aromatic N) is 1. The summed E-state index contributed by atoms with van der Waals surface area (Å²) in [6.07, 6.45) is 2.30. The van der Waals surface area contributed by atoms with Crippen LogP contribution in [0.1, 0.15) is 26.2 Å². The van der Waals surface area contributed by atoms with Crippen LogP contribution in [-0.2, 0) is 9.59 Å². The molecule has 1 aliphatic heterocycles. The molecule has 16 heavy (non-hydrogen) atoms. The third-order valence-corrected chi connectivity index (χ3v) is 2.99. The summed E-state index contributed by atoms with van der Waals surface area (Å²) < 4.78 is 0. The van der Waals surface area contributed by atoms with Crippen LogP contribution in [0.5, 0.6) is 0 Å². The van der Waals surface area contributed by atoms with E-state index in [1.165, 1.54) is 6.92 Å². The number of piperidine rings is 1. The first kappa shape index (κ1) is 13.0. The molecule has 1 fully saturated rings. The normalized spacial score (nSPS) is 18.3. The van der Waals surface area contributed by atoms with E-state index in [1.807, 2.05) is 0 Å². The Kier molecular flexibility index (Phi) is 5.25. The van der Waals surface area contributed by atoms with Gasteiger partial charge in [-0.25, -0.2) is 0 Å². The molecule has 5 nitrogen and oxygen atoms in total. The van der Waals surface area contributed by atoms with Gasteiger partial charge in [0.25, 0.3) is 0 Å². The van der Waals surface area contributed by atoms with Gasteiger partial charge < -0.3 is 15.3 Å². The fraction of sp³-hybridized carbons (Fsp3) is 0.818. The number of rotatable bonds is 5. The SMILES string of the molecule is CC(=O)NCC1CCN(CCC(=O)O)CC1. The second kappa shape index (κ2) is 6.48. The quantitative estimate of drug-likeness (QED) is 0.710. The lowest BCUT2D eigenvalue weighted by atomic mass is 9.96. The van der Waals surface area contributed by atoms with Gasteiger partial charge in [-0.3, -0.25) is 9.59 Å².